The zero-order valence-corrected chi connectivity index (χ0v) is 18.2. The largest absolute Gasteiger partial charge is 0.484 e. The van der Waals surface area contributed by atoms with Gasteiger partial charge in [-0.15, -0.1) is 0 Å². The number of ether oxygens (including phenoxy) is 2. The highest BCUT2D eigenvalue weighted by atomic mass is 35.5. The van der Waals surface area contributed by atoms with Gasteiger partial charge in [-0.05, 0) is 48.0 Å². The highest BCUT2D eigenvalue weighted by Crippen LogP contribution is 2.23. The third-order valence-electron chi connectivity index (χ3n) is 4.04. The smallest absolute Gasteiger partial charge is 0.345 e. The lowest BCUT2D eigenvalue weighted by Crippen LogP contribution is -2.24. The van der Waals surface area contributed by atoms with E-state index in [-0.39, 0.29) is 28.6 Å². The van der Waals surface area contributed by atoms with Crippen molar-refractivity contribution in [3.05, 3.63) is 98.0 Å². The monoisotopic (exact) mass is 487 g/mol. The first-order valence-corrected chi connectivity index (χ1v) is 10.0. The molecule has 0 heterocycles. The molecule has 1 amide bonds. The topological polar surface area (TPSA) is 120 Å². The van der Waals surface area contributed by atoms with Crippen LogP contribution >= 0.6 is 23.2 Å². The Hall–Kier alpha value is -3.95. The Kier molecular flexibility index (Phi) is 7.96. The van der Waals surface area contributed by atoms with Crippen molar-refractivity contribution in [3.8, 4) is 11.5 Å². The molecule has 0 aliphatic rings. The quantitative estimate of drug-likeness (QED) is 0.162. The van der Waals surface area contributed by atoms with Crippen LogP contribution in [-0.2, 0) is 4.79 Å². The molecular weight excluding hydrogens is 473 g/mol. The molecule has 3 aromatic rings. The van der Waals surface area contributed by atoms with Crippen LogP contribution in [0, 0.1) is 10.1 Å². The van der Waals surface area contributed by atoms with E-state index in [0.29, 0.717) is 16.3 Å². The average molecular weight is 488 g/mol. The van der Waals surface area contributed by atoms with Gasteiger partial charge in [-0.25, -0.2) is 10.2 Å². The molecule has 3 rings (SSSR count). The number of amides is 1. The Balaban J connectivity index is 1.52. The Morgan fingerprint density at radius 1 is 1.03 bits per heavy atom. The normalized spacial score (nSPS) is 10.6. The van der Waals surface area contributed by atoms with Gasteiger partial charge in [-0.2, -0.15) is 5.10 Å². The molecule has 0 bridgehead atoms. The number of nitro benzene ring substituents is 1. The Morgan fingerprint density at radius 3 is 2.48 bits per heavy atom. The second-order valence-corrected chi connectivity index (χ2v) is 7.26. The number of nitro groups is 1. The van der Waals surface area contributed by atoms with Crippen LogP contribution in [0.2, 0.25) is 10.0 Å². The minimum Gasteiger partial charge on any atom is -0.484 e. The average Bonchev–Trinajstić information content (AvgIpc) is 2.78. The van der Waals surface area contributed by atoms with Gasteiger partial charge in [-0.1, -0.05) is 35.3 Å². The molecule has 9 nitrogen and oxygen atoms in total. The molecule has 11 heteroatoms. The number of hydrogen-bond acceptors (Lipinski definition) is 7. The van der Waals surface area contributed by atoms with E-state index in [1.807, 2.05) is 0 Å². The van der Waals surface area contributed by atoms with Crippen molar-refractivity contribution in [2.24, 2.45) is 5.10 Å². The number of rotatable bonds is 8. The van der Waals surface area contributed by atoms with Crippen molar-refractivity contribution in [1.82, 2.24) is 5.43 Å². The van der Waals surface area contributed by atoms with Gasteiger partial charge in [0.05, 0.1) is 21.7 Å². The first-order chi connectivity index (χ1) is 15.8. The third kappa shape index (κ3) is 7.03. The van der Waals surface area contributed by atoms with E-state index in [1.165, 1.54) is 48.7 Å². The summed E-state index contributed by atoms with van der Waals surface area (Å²) in [5, 5.41) is 15.0. The minimum absolute atomic E-state index is 0.0828. The van der Waals surface area contributed by atoms with Gasteiger partial charge >= 0.3 is 5.97 Å². The fourth-order valence-electron chi connectivity index (χ4n) is 2.50. The highest BCUT2D eigenvalue weighted by Gasteiger charge is 2.13. The maximum Gasteiger partial charge on any atom is 0.345 e. The molecule has 0 aliphatic heterocycles. The lowest BCUT2D eigenvalue weighted by molar-refractivity contribution is -0.384. The number of carbonyl (C=O) groups is 2. The van der Waals surface area contributed by atoms with Gasteiger partial charge in [-0.3, -0.25) is 14.9 Å². The summed E-state index contributed by atoms with van der Waals surface area (Å²) in [5.41, 5.74) is 2.93. The SMILES string of the molecule is O=C(COc1ccc([N+](=O)[O-])cc1)N/N=C/c1cccc(OC(=O)c2ccc(Cl)cc2Cl)c1. The van der Waals surface area contributed by atoms with E-state index in [2.05, 4.69) is 10.5 Å². The maximum absolute atomic E-state index is 12.3. The summed E-state index contributed by atoms with van der Waals surface area (Å²) in [4.78, 5) is 34.3. The summed E-state index contributed by atoms with van der Waals surface area (Å²) in [6.45, 7) is -0.339. The van der Waals surface area contributed by atoms with Crippen molar-refractivity contribution >= 4 is 47.0 Å². The van der Waals surface area contributed by atoms with Crippen molar-refractivity contribution in [2.45, 2.75) is 0 Å². The van der Waals surface area contributed by atoms with Gasteiger partial charge in [0.2, 0.25) is 0 Å². The predicted octanol–water partition coefficient (Wildman–Crippen LogP) is 4.65. The summed E-state index contributed by atoms with van der Waals surface area (Å²) in [6.07, 6.45) is 1.36. The van der Waals surface area contributed by atoms with Gasteiger partial charge in [0.15, 0.2) is 6.61 Å². The van der Waals surface area contributed by atoms with E-state index in [1.54, 1.807) is 24.3 Å². The fraction of sp³-hybridized carbons (Fsp3) is 0.0455. The van der Waals surface area contributed by atoms with E-state index in [9.17, 15) is 19.7 Å². The molecule has 168 valence electrons. The van der Waals surface area contributed by atoms with Crippen LogP contribution in [0.5, 0.6) is 11.5 Å². The summed E-state index contributed by atoms with van der Waals surface area (Å²) < 4.78 is 10.6. The van der Waals surface area contributed by atoms with Crippen molar-refractivity contribution in [1.29, 1.82) is 0 Å². The molecule has 3 aromatic carbocycles. The predicted molar refractivity (Wildman–Crippen MR) is 122 cm³/mol. The molecule has 0 saturated heterocycles. The number of benzene rings is 3. The zero-order valence-electron chi connectivity index (χ0n) is 16.7. The first-order valence-electron chi connectivity index (χ1n) is 9.28. The molecular formula is C22H15Cl2N3O6. The van der Waals surface area contributed by atoms with Crippen LogP contribution < -0.4 is 14.9 Å². The number of hydrazone groups is 1. The van der Waals surface area contributed by atoms with E-state index in [4.69, 9.17) is 32.7 Å². The Bertz CT molecular complexity index is 1220. The van der Waals surface area contributed by atoms with Gasteiger partial charge < -0.3 is 9.47 Å². The van der Waals surface area contributed by atoms with Gasteiger partial charge in [0, 0.05) is 17.2 Å². The van der Waals surface area contributed by atoms with Gasteiger partial charge in [0.25, 0.3) is 11.6 Å². The molecule has 0 radical (unpaired) electrons. The number of halogens is 2. The third-order valence-corrected chi connectivity index (χ3v) is 4.59. The second-order valence-electron chi connectivity index (χ2n) is 6.42. The van der Waals surface area contributed by atoms with E-state index < -0.39 is 16.8 Å². The number of hydrogen-bond donors (Lipinski definition) is 1. The molecule has 0 saturated carbocycles. The van der Waals surface area contributed by atoms with E-state index in [0.717, 1.165) is 0 Å². The van der Waals surface area contributed by atoms with Crippen LogP contribution in [-0.4, -0.2) is 29.6 Å². The Morgan fingerprint density at radius 2 is 1.79 bits per heavy atom. The summed E-state index contributed by atoms with van der Waals surface area (Å²) >= 11 is 11.8. The van der Waals surface area contributed by atoms with E-state index >= 15 is 0 Å². The van der Waals surface area contributed by atoms with Crippen LogP contribution in [0.1, 0.15) is 15.9 Å². The molecule has 0 aromatic heterocycles. The first kappa shape index (κ1) is 23.7. The molecule has 0 spiro atoms. The summed E-state index contributed by atoms with van der Waals surface area (Å²) in [5.74, 6) is -0.634. The molecule has 1 N–H and O–H groups in total. The van der Waals surface area contributed by atoms with Crippen molar-refractivity contribution in [3.63, 3.8) is 0 Å². The number of nitrogens with one attached hydrogen (secondary N) is 1. The lowest BCUT2D eigenvalue weighted by Gasteiger charge is -2.07. The fourth-order valence-corrected chi connectivity index (χ4v) is 2.99. The standard InChI is InChI=1S/C22H15Cl2N3O6/c23-15-4-9-19(20(24)11-15)22(29)33-18-3-1-2-14(10-18)12-25-26-21(28)13-32-17-7-5-16(6-8-17)27(30)31/h1-12H,13H2,(H,26,28)/b25-12+. The molecule has 0 unspecified atom stereocenters. The maximum atomic E-state index is 12.3. The van der Waals surface area contributed by atoms with Crippen LogP contribution in [0.3, 0.4) is 0 Å². The van der Waals surface area contributed by atoms with Crippen LogP contribution in [0.15, 0.2) is 71.8 Å². The summed E-state index contributed by atoms with van der Waals surface area (Å²) in [7, 11) is 0. The number of nitrogens with zero attached hydrogens (tertiary/aromatic N) is 2. The number of carbonyl (C=O) groups excluding carboxylic acids is 2. The van der Waals surface area contributed by atoms with Gasteiger partial charge in [0.1, 0.15) is 11.5 Å². The minimum atomic E-state index is -0.651. The molecule has 0 aliphatic carbocycles. The molecule has 0 atom stereocenters. The number of non-ortho nitro benzene ring substituents is 1. The lowest BCUT2D eigenvalue weighted by atomic mass is 10.2. The van der Waals surface area contributed by atoms with Crippen molar-refractivity contribution < 1.29 is 24.0 Å². The van der Waals surface area contributed by atoms with Crippen LogP contribution in [0.25, 0.3) is 0 Å². The molecule has 0 fully saturated rings. The van der Waals surface area contributed by atoms with Crippen LogP contribution in [0.4, 0.5) is 5.69 Å². The summed E-state index contributed by atoms with van der Waals surface area (Å²) in [6, 6.07) is 16.2. The van der Waals surface area contributed by atoms with Crippen molar-refractivity contribution in [2.75, 3.05) is 6.61 Å². The number of esters is 1. The second kappa shape index (κ2) is 11.1. The zero-order chi connectivity index (χ0) is 23.8. The molecule has 33 heavy (non-hydrogen) atoms. The highest BCUT2D eigenvalue weighted by molar-refractivity contribution is 6.36. The Labute approximate surface area is 197 Å².